The Bertz CT molecular complexity index is 656. The lowest BCUT2D eigenvalue weighted by atomic mass is 10.2. The number of halogens is 1. The second-order valence-corrected chi connectivity index (χ2v) is 5.88. The molecule has 2 N–H and O–H groups in total. The summed E-state index contributed by atoms with van der Waals surface area (Å²) >= 11 is 1.32. The fourth-order valence-electron chi connectivity index (χ4n) is 2.26. The van der Waals surface area contributed by atoms with Gasteiger partial charge in [-0.2, -0.15) is 0 Å². The zero-order chi connectivity index (χ0) is 15.4. The Labute approximate surface area is 131 Å². The second kappa shape index (κ2) is 6.95. The maximum Gasteiger partial charge on any atom is 0.227 e. The van der Waals surface area contributed by atoms with Crippen LogP contribution in [0.15, 0.2) is 29.6 Å². The number of nitrogens with zero attached hydrogens (tertiary/aromatic N) is 1. The van der Waals surface area contributed by atoms with E-state index in [4.69, 9.17) is 4.74 Å². The zero-order valence-corrected chi connectivity index (χ0v) is 12.7. The van der Waals surface area contributed by atoms with E-state index in [9.17, 15) is 9.18 Å². The van der Waals surface area contributed by atoms with E-state index in [2.05, 4.69) is 15.6 Å². The van der Waals surface area contributed by atoms with Gasteiger partial charge in [0.2, 0.25) is 5.91 Å². The van der Waals surface area contributed by atoms with Crippen molar-refractivity contribution in [1.29, 1.82) is 0 Å². The van der Waals surface area contributed by atoms with E-state index < -0.39 is 0 Å². The molecule has 1 saturated heterocycles. The molecule has 2 heterocycles. The van der Waals surface area contributed by atoms with Crippen LogP contribution in [-0.4, -0.2) is 36.7 Å². The number of amides is 1. The highest BCUT2D eigenvalue weighted by Gasteiger charge is 2.17. The molecule has 1 unspecified atom stereocenters. The monoisotopic (exact) mass is 321 g/mol. The van der Waals surface area contributed by atoms with Crippen LogP contribution < -0.4 is 10.6 Å². The molecule has 0 saturated carbocycles. The normalized spacial score (nSPS) is 18.1. The number of carbonyl (C=O) groups is 1. The smallest absolute Gasteiger partial charge is 0.227 e. The van der Waals surface area contributed by atoms with Gasteiger partial charge in [-0.15, -0.1) is 11.3 Å². The Balaban J connectivity index is 1.60. The van der Waals surface area contributed by atoms with Gasteiger partial charge in [0.25, 0.3) is 0 Å². The summed E-state index contributed by atoms with van der Waals surface area (Å²) in [4.78, 5) is 16.3. The average Bonchev–Trinajstić information content (AvgIpc) is 2.96. The molecule has 2 aromatic rings. The van der Waals surface area contributed by atoms with Gasteiger partial charge in [-0.25, -0.2) is 9.37 Å². The van der Waals surface area contributed by atoms with E-state index in [1.165, 1.54) is 23.5 Å². The van der Waals surface area contributed by atoms with Gasteiger partial charge in [-0.1, -0.05) is 12.1 Å². The molecule has 116 valence electrons. The van der Waals surface area contributed by atoms with Crippen LogP contribution in [-0.2, 0) is 9.53 Å². The minimum atomic E-state index is -0.306. The van der Waals surface area contributed by atoms with E-state index in [1.54, 1.807) is 17.5 Å². The third-order valence-corrected chi connectivity index (χ3v) is 4.06. The van der Waals surface area contributed by atoms with Crippen molar-refractivity contribution in [2.45, 2.75) is 12.5 Å². The third-order valence-electron chi connectivity index (χ3n) is 3.30. The summed E-state index contributed by atoms with van der Waals surface area (Å²) in [5, 5.41) is 8.31. The minimum Gasteiger partial charge on any atom is -0.378 e. The van der Waals surface area contributed by atoms with Crippen LogP contribution in [0.4, 0.5) is 9.52 Å². The maximum atomic E-state index is 13.2. The van der Waals surface area contributed by atoms with Crippen LogP contribution in [0.1, 0.15) is 6.42 Å². The number of morpholine rings is 1. The highest BCUT2D eigenvalue weighted by molar-refractivity contribution is 7.14. The van der Waals surface area contributed by atoms with Crippen molar-refractivity contribution in [3.63, 3.8) is 0 Å². The molecule has 1 aromatic carbocycles. The van der Waals surface area contributed by atoms with Gasteiger partial charge < -0.3 is 15.4 Å². The van der Waals surface area contributed by atoms with Crippen molar-refractivity contribution in [3.05, 3.63) is 35.5 Å². The van der Waals surface area contributed by atoms with Crippen LogP contribution in [0.2, 0.25) is 0 Å². The summed E-state index contributed by atoms with van der Waals surface area (Å²) in [6.45, 7) is 1.99. The Morgan fingerprint density at radius 3 is 3.23 bits per heavy atom. The lowest BCUT2D eigenvalue weighted by Gasteiger charge is -2.22. The molecule has 1 aliphatic heterocycles. The SMILES string of the molecule is O=C(CC1COCCN1)Nc1nc(-c2cccc(F)c2)cs1. The topological polar surface area (TPSA) is 63.2 Å². The highest BCUT2D eigenvalue weighted by atomic mass is 32.1. The number of benzene rings is 1. The Morgan fingerprint density at radius 2 is 2.45 bits per heavy atom. The van der Waals surface area contributed by atoms with Crippen LogP contribution in [0.25, 0.3) is 11.3 Å². The van der Waals surface area contributed by atoms with E-state index >= 15 is 0 Å². The molecule has 0 aliphatic carbocycles. The van der Waals surface area contributed by atoms with Crippen LogP contribution in [0.3, 0.4) is 0 Å². The van der Waals surface area contributed by atoms with E-state index in [1.807, 2.05) is 0 Å². The van der Waals surface area contributed by atoms with Crippen LogP contribution in [0, 0.1) is 5.82 Å². The average molecular weight is 321 g/mol. The molecular formula is C15H16FN3O2S. The number of aromatic nitrogens is 1. The van der Waals surface area contributed by atoms with Crippen molar-refractivity contribution >= 4 is 22.4 Å². The van der Waals surface area contributed by atoms with Gasteiger partial charge in [-0.05, 0) is 12.1 Å². The molecule has 0 radical (unpaired) electrons. The number of rotatable bonds is 4. The quantitative estimate of drug-likeness (QED) is 0.907. The van der Waals surface area contributed by atoms with Gasteiger partial charge >= 0.3 is 0 Å². The first-order valence-electron chi connectivity index (χ1n) is 7.03. The number of nitrogens with one attached hydrogen (secondary N) is 2. The van der Waals surface area contributed by atoms with Gasteiger partial charge in [0, 0.05) is 30.0 Å². The molecule has 1 fully saturated rings. The largest absolute Gasteiger partial charge is 0.378 e. The number of anilines is 1. The Morgan fingerprint density at radius 1 is 1.55 bits per heavy atom. The molecule has 3 rings (SSSR count). The predicted octanol–water partition coefficient (Wildman–Crippen LogP) is 2.27. The first-order valence-corrected chi connectivity index (χ1v) is 7.91. The minimum absolute atomic E-state index is 0.0383. The summed E-state index contributed by atoms with van der Waals surface area (Å²) in [7, 11) is 0. The first-order chi connectivity index (χ1) is 10.7. The maximum absolute atomic E-state index is 13.2. The Kier molecular flexibility index (Phi) is 4.77. The van der Waals surface area contributed by atoms with Gasteiger partial charge in [0.15, 0.2) is 5.13 Å². The standard InChI is InChI=1S/C15H16FN3O2S/c16-11-3-1-2-10(6-11)13-9-22-15(18-13)19-14(20)7-12-8-21-5-4-17-12/h1-3,6,9,12,17H,4-5,7-8H2,(H,18,19,20). The summed E-state index contributed by atoms with van der Waals surface area (Å²) in [6, 6.07) is 6.27. The van der Waals surface area contributed by atoms with E-state index in [-0.39, 0.29) is 17.8 Å². The predicted molar refractivity (Wildman–Crippen MR) is 83.4 cm³/mol. The van der Waals surface area contributed by atoms with Crippen molar-refractivity contribution in [1.82, 2.24) is 10.3 Å². The molecule has 5 nitrogen and oxygen atoms in total. The third kappa shape index (κ3) is 3.88. The zero-order valence-electron chi connectivity index (χ0n) is 11.8. The van der Waals surface area contributed by atoms with E-state index in [0.29, 0.717) is 36.0 Å². The van der Waals surface area contributed by atoms with Gasteiger partial charge in [0.05, 0.1) is 18.9 Å². The molecule has 1 atom stereocenters. The lowest BCUT2D eigenvalue weighted by Crippen LogP contribution is -2.43. The molecular weight excluding hydrogens is 305 g/mol. The van der Waals surface area contributed by atoms with Gasteiger partial charge in [-0.3, -0.25) is 4.79 Å². The number of hydrogen-bond donors (Lipinski definition) is 2. The molecule has 0 bridgehead atoms. The lowest BCUT2D eigenvalue weighted by molar-refractivity contribution is -0.117. The number of carbonyl (C=O) groups excluding carboxylic acids is 1. The summed E-state index contributed by atoms with van der Waals surface area (Å²) in [6.07, 6.45) is 0.342. The molecule has 7 heteroatoms. The fraction of sp³-hybridized carbons (Fsp3) is 0.333. The Hall–Kier alpha value is -1.83. The van der Waals surface area contributed by atoms with Gasteiger partial charge in [0.1, 0.15) is 5.82 Å². The number of hydrogen-bond acceptors (Lipinski definition) is 5. The molecule has 1 aliphatic rings. The van der Waals surface area contributed by atoms with Crippen molar-refractivity contribution in [3.8, 4) is 11.3 Å². The van der Waals surface area contributed by atoms with Crippen molar-refractivity contribution < 1.29 is 13.9 Å². The molecule has 22 heavy (non-hydrogen) atoms. The van der Waals surface area contributed by atoms with Crippen molar-refractivity contribution in [2.75, 3.05) is 25.1 Å². The summed E-state index contributed by atoms with van der Waals surface area (Å²) in [5.74, 6) is -0.414. The van der Waals surface area contributed by atoms with Crippen LogP contribution >= 0.6 is 11.3 Å². The number of thiazole rings is 1. The summed E-state index contributed by atoms with van der Waals surface area (Å²) in [5.41, 5.74) is 1.35. The number of ether oxygens (including phenoxy) is 1. The first kappa shape index (κ1) is 15.1. The van der Waals surface area contributed by atoms with Crippen molar-refractivity contribution in [2.24, 2.45) is 0 Å². The highest BCUT2D eigenvalue weighted by Crippen LogP contribution is 2.25. The summed E-state index contributed by atoms with van der Waals surface area (Å²) < 4.78 is 18.5. The fourth-order valence-corrected chi connectivity index (χ4v) is 2.99. The second-order valence-electron chi connectivity index (χ2n) is 5.03. The van der Waals surface area contributed by atoms with E-state index in [0.717, 1.165) is 6.54 Å². The van der Waals surface area contributed by atoms with Crippen LogP contribution in [0.5, 0.6) is 0 Å². The molecule has 0 spiro atoms. The molecule has 1 amide bonds. The molecule has 1 aromatic heterocycles.